The minimum atomic E-state index is -0.867. The molecule has 1 aliphatic carbocycles. The predicted molar refractivity (Wildman–Crippen MR) is 97.6 cm³/mol. The van der Waals surface area contributed by atoms with Gasteiger partial charge in [-0.2, -0.15) is 0 Å². The van der Waals surface area contributed by atoms with E-state index in [-0.39, 0.29) is 11.8 Å². The molecule has 0 radical (unpaired) electrons. The molecule has 0 aromatic heterocycles. The first-order valence-corrected chi connectivity index (χ1v) is 8.65. The van der Waals surface area contributed by atoms with Crippen LogP contribution in [-0.2, 0) is 22.7 Å². The Morgan fingerprint density at radius 1 is 1.00 bits per heavy atom. The van der Waals surface area contributed by atoms with E-state index in [1.807, 2.05) is 61.5 Å². The van der Waals surface area contributed by atoms with Crippen molar-refractivity contribution in [2.45, 2.75) is 32.9 Å². The number of hydrogen-bond acceptors (Lipinski definition) is 2. The fourth-order valence-corrected chi connectivity index (χ4v) is 3.01. The summed E-state index contributed by atoms with van der Waals surface area (Å²) >= 11 is 0. The number of nitrogens with one attached hydrogen (secondary N) is 1. The topological polar surface area (TPSA) is 49.4 Å². The average molecular weight is 336 g/mol. The number of benzene rings is 2. The lowest BCUT2D eigenvalue weighted by atomic mass is 10.0. The molecule has 2 aromatic rings. The van der Waals surface area contributed by atoms with Gasteiger partial charge >= 0.3 is 0 Å². The molecule has 2 aromatic carbocycles. The van der Waals surface area contributed by atoms with Gasteiger partial charge in [-0.05, 0) is 30.9 Å². The monoisotopic (exact) mass is 336 g/mol. The summed E-state index contributed by atoms with van der Waals surface area (Å²) in [6, 6.07) is 17.9. The van der Waals surface area contributed by atoms with Crippen molar-refractivity contribution in [1.82, 2.24) is 10.2 Å². The Bertz CT molecular complexity index is 749. The van der Waals surface area contributed by atoms with Crippen molar-refractivity contribution in [2.75, 3.05) is 7.05 Å². The van der Waals surface area contributed by atoms with Crippen molar-refractivity contribution in [3.8, 4) is 0 Å². The van der Waals surface area contributed by atoms with E-state index in [9.17, 15) is 9.59 Å². The Balaban J connectivity index is 1.59. The SMILES string of the molecule is Cc1ccc(CNC(=O)C2(C(=O)N(C)Cc3ccccc3)CC2)cc1. The fraction of sp³-hybridized carbons (Fsp3) is 0.333. The van der Waals surface area contributed by atoms with Crippen LogP contribution >= 0.6 is 0 Å². The highest BCUT2D eigenvalue weighted by molar-refractivity contribution is 6.07. The van der Waals surface area contributed by atoms with Gasteiger partial charge in [0.15, 0.2) is 0 Å². The number of carbonyl (C=O) groups is 2. The Kier molecular flexibility index (Phi) is 4.88. The summed E-state index contributed by atoms with van der Waals surface area (Å²) in [6.45, 7) is 3.01. The molecule has 1 fully saturated rings. The second-order valence-electron chi connectivity index (χ2n) is 6.90. The molecule has 4 nitrogen and oxygen atoms in total. The number of rotatable bonds is 6. The van der Waals surface area contributed by atoms with Crippen LogP contribution in [0.1, 0.15) is 29.5 Å². The predicted octanol–water partition coefficient (Wildman–Crippen LogP) is 3.05. The normalized spacial score (nSPS) is 14.6. The molecule has 0 unspecified atom stereocenters. The van der Waals surface area contributed by atoms with Gasteiger partial charge in [0.1, 0.15) is 5.41 Å². The van der Waals surface area contributed by atoms with Gasteiger partial charge in [-0.3, -0.25) is 9.59 Å². The Morgan fingerprint density at radius 3 is 2.24 bits per heavy atom. The quantitative estimate of drug-likeness (QED) is 0.824. The smallest absolute Gasteiger partial charge is 0.238 e. The van der Waals surface area contributed by atoms with E-state index >= 15 is 0 Å². The number of amides is 2. The van der Waals surface area contributed by atoms with Crippen molar-refractivity contribution >= 4 is 11.8 Å². The molecule has 1 N–H and O–H groups in total. The zero-order valence-corrected chi connectivity index (χ0v) is 14.8. The summed E-state index contributed by atoms with van der Waals surface area (Å²) in [5.41, 5.74) is 2.43. The number of aryl methyl sites for hydroxylation is 1. The summed E-state index contributed by atoms with van der Waals surface area (Å²) in [5.74, 6) is -0.240. The molecule has 1 aliphatic rings. The lowest BCUT2D eigenvalue weighted by molar-refractivity contribution is -0.143. The van der Waals surface area contributed by atoms with Crippen molar-refractivity contribution in [3.63, 3.8) is 0 Å². The standard InChI is InChI=1S/C21H24N2O2/c1-16-8-10-17(11-9-16)14-22-19(24)21(12-13-21)20(25)23(2)15-18-6-4-3-5-7-18/h3-11H,12-15H2,1-2H3,(H,22,24). The maximum absolute atomic E-state index is 12.8. The molecule has 4 heteroatoms. The van der Waals surface area contributed by atoms with Gasteiger partial charge in [0.25, 0.3) is 0 Å². The lowest BCUT2D eigenvalue weighted by Crippen LogP contribution is -2.43. The van der Waals surface area contributed by atoms with Crippen molar-refractivity contribution in [3.05, 3.63) is 71.3 Å². The molecule has 25 heavy (non-hydrogen) atoms. The summed E-state index contributed by atoms with van der Waals surface area (Å²) < 4.78 is 0. The minimum Gasteiger partial charge on any atom is -0.351 e. The van der Waals surface area contributed by atoms with E-state index in [0.717, 1.165) is 11.1 Å². The van der Waals surface area contributed by atoms with Crippen LogP contribution in [0.2, 0.25) is 0 Å². The molecule has 0 spiro atoms. The highest BCUT2D eigenvalue weighted by Gasteiger charge is 2.57. The summed E-state index contributed by atoms with van der Waals surface area (Å²) in [6.07, 6.45) is 1.26. The van der Waals surface area contributed by atoms with Gasteiger partial charge in [0.2, 0.25) is 11.8 Å². The van der Waals surface area contributed by atoms with Crippen molar-refractivity contribution in [1.29, 1.82) is 0 Å². The lowest BCUT2D eigenvalue weighted by Gasteiger charge is -2.23. The van der Waals surface area contributed by atoms with E-state index in [0.29, 0.717) is 25.9 Å². The van der Waals surface area contributed by atoms with Gasteiger partial charge in [0, 0.05) is 20.1 Å². The number of nitrogens with zero attached hydrogens (tertiary/aromatic N) is 1. The van der Waals surface area contributed by atoms with E-state index in [1.165, 1.54) is 5.56 Å². The molecule has 2 amide bonds. The van der Waals surface area contributed by atoms with Crippen molar-refractivity contribution in [2.24, 2.45) is 5.41 Å². The third-order valence-electron chi connectivity index (χ3n) is 4.78. The largest absolute Gasteiger partial charge is 0.351 e. The molecule has 0 atom stereocenters. The molecular formula is C21H24N2O2. The zero-order chi connectivity index (χ0) is 17.9. The molecule has 0 heterocycles. The molecule has 0 bridgehead atoms. The first-order valence-electron chi connectivity index (χ1n) is 8.65. The molecule has 3 rings (SSSR count). The van der Waals surface area contributed by atoms with Crippen LogP contribution in [0, 0.1) is 12.3 Å². The zero-order valence-electron chi connectivity index (χ0n) is 14.8. The molecular weight excluding hydrogens is 312 g/mol. The van der Waals surface area contributed by atoms with Crippen LogP contribution in [0.15, 0.2) is 54.6 Å². The van der Waals surface area contributed by atoms with Gasteiger partial charge in [-0.15, -0.1) is 0 Å². The Hall–Kier alpha value is -2.62. The molecule has 130 valence electrons. The van der Waals surface area contributed by atoms with Crippen LogP contribution in [0.3, 0.4) is 0 Å². The maximum atomic E-state index is 12.8. The van der Waals surface area contributed by atoms with Gasteiger partial charge < -0.3 is 10.2 Å². The highest BCUT2D eigenvalue weighted by atomic mass is 16.2. The molecule has 1 saturated carbocycles. The summed E-state index contributed by atoms with van der Waals surface area (Å²) in [7, 11) is 1.77. The van der Waals surface area contributed by atoms with Crippen LogP contribution < -0.4 is 5.32 Å². The average Bonchev–Trinajstić information content (AvgIpc) is 3.43. The van der Waals surface area contributed by atoms with Crippen LogP contribution in [0.25, 0.3) is 0 Å². The first kappa shape index (κ1) is 17.2. The summed E-state index contributed by atoms with van der Waals surface area (Å²) in [4.78, 5) is 27.1. The van der Waals surface area contributed by atoms with Gasteiger partial charge in [-0.25, -0.2) is 0 Å². The second-order valence-corrected chi connectivity index (χ2v) is 6.90. The van der Waals surface area contributed by atoms with Crippen LogP contribution in [0.5, 0.6) is 0 Å². The Morgan fingerprint density at radius 2 is 1.64 bits per heavy atom. The van der Waals surface area contributed by atoms with Crippen LogP contribution in [0.4, 0.5) is 0 Å². The van der Waals surface area contributed by atoms with Gasteiger partial charge in [0.05, 0.1) is 0 Å². The van der Waals surface area contributed by atoms with E-state index in [4.69, 9.17) is 0 Å². The minimum absolute atomic E-state index is 0.0854. The van der Waals surface area contributed by atoms with E-state index in [1.54, 1.807) is 11.9 Å². The van der Waals surface area contributed by atoms with Crippen LogP contribution in [-0.4, -0.2) is 23.8 Å². The maximum Gasteiger partial charge on any atom is 0.238 e. The van der Waals surface area contributed by atoms with Gasteiger partial charge in [-0.1, -0.05) is 60.2 Å². The van der Waals surface area contributed by atoms with E-state index < -0.39 is 5.41 Å². The Labute approximate surface area is 148 Å². The highest BCUT2D eigenvalue weighted by Crippen LogP contribution is 2.47. The molecule has 0 saturated heterocycles. The summed E-state index contributed by atoms with van der Waals surface area (Å²) in [5, 5.41) is 2.93. The first-order chi connectivity index (χ1) is 12.0. The molecule has 0 aliphatic heterocycles. The number of hydrogen-bond donors (Lipinski definition) is 1. The second kappa shape index (κ2) is 7.09. The van der Waals surface area contributed by atoms with Crippen molar-refractivity contribution < 1.29 is 9.59 Å². The van der Waals surface area contributed by atoms with E-state index in [2.05, 4.69) is 5.32 Å². The third-order valence-corrected chi connectivity index (χ3v) is 4.78. The third kappa shape index (κ3) is 3.90. The fourth-order valence-electron chi connectivity index (χ4n) is 3.01. The number of carbonyl (C=O) groups excluding carboxylic acids is 2.